The van der Waals surface area contributed by atoms with Crippen LogP contribution in [0.25, 0.3) is 10.9 Å². The van der Waals surface area contributed by atoms with E-state index < -0.39 is 37.4 Å². The summed E-state index contributed by atoms with van der Waals surface area (Å²) in [5.74, 6) is -0.662. The van der Waals surface area contributed by atoms with Crippen molar-refractivity contribution in [1.29, 1.82) is 0 Å². The van der Waals surface area contributed by atoms with Crippen LogP contribution in [0.5, 0.6) is 5.75 Å². The van der Waals surface area contributed by atoms with Crippen molar-refractivity contribution in [2.24, 2.45) is 0 Å². The van der Waals surface area contributed by atoms with Gasteiger partial charge in [0.15, 0.2) is 0 Å². The van der Waals surface area contributed by atoms with E-state index in [0.29, 0.717) is 28.1 Å². The average molecular weight is 524 g/mol. The van der Waals surface area contributed by atoms with Gasteiger partial charge in [0, 0.05) is 17.1 Å². The van der Waals surface area contributed by atoms with Crippen molar-refractivity contribution >= 4 is 42.4 Å². The van der Waals surface area contributed by atoms with E-state index in [1.165, 1.54) is 0 Å². The number of amides is 3. The Labute approximate surface area is 222 Å². The fraction of sp³-hybridized carbons (Fsp3) is 0.200. The lowest BCUT2D eigenvalue weighted by Crippen LogP contribution is -2.56. The first-order chi connectivity index (χ1) is 18.2. The van der Waals surface area contributed by atoms with Crippen LogP contribution in [0.15, 0.2) is 85.1 Å². The number of rotatable bonds is 7. The van der Waals surface area contributed by atoms with Gasteiger partial charge in [0.1, 0.15) is 11.8 Å². The maximum atomic E-state index is 14.3. The van der Waals surface area contributed by atoms with Crippen LogP contribution in [0.3, 0.4) is 0 Å². The number of hydrogen-bond donors (Lipinski definition) is 1. The zero-order valence-corrected chi connectivity index (χ0v) is 22.8. The first-order valence-corrected chi connectivity index (χ1v) is 16.0. The molecule has 8 heteroatoms. The molecule has 0 bridgehead atoms. The molecule has 38 heavy (non-hydrogen) atoms. The molecule has 3 aromatic carbocycles. The Morgan fingerprint density at radius 2 is 1.50 bits per heavy atom. The lowest BCUT2D eigenvalue weighted by Gasteiger charge is -2.39. The van der Waals surface area contributed by atoms with Gasteiger partial charge in [0.2, 0.25) is 5.91 Å². The molecule has 0 saturated carbocycles. The minimum atomic E-state index is -2.25. The molecule has 2 atom stereocenters. The van der Waals surface area contributed by atoms with Gasteiger partial charge in [-0.15, -0.1) is 0 Å². The molecule has 1 N–H and O–H groups in total. The Kier molecular flexibility index (Phi) is 6.58. The number of para-hydroxylation sites is 1. The number of pyridine rings is 1. The predicted octanol–water partition coefficient (Wildman–Crippen LogP) is 5.51. The molecule has 1 aromatic heterocycles. The summed E-state index contributed by atoms with van der Waals surface area (Å²) in [6, 6.07) is 22.5. The van der Waals surface area contributed by atoms with E-state index in [9.17, 15) is 14.4 Å². The summed E-state index contributed by atoms with van der Waals surface area (Å²) in [6.45, 7) is 6.42. The van der Waals surface area contributed by atoms with Crippen LogP contribution in [0.1, 0.15) is 31.8 Å². The van der Waals surface area contributed by atoms with Gasteiger partial charge >= 0.3 is 0 Å². The maximum Gasteiger partial charge on any atom is 0.262 e. The Balaban J connectivity index is 1.65. The molecule has 5 rings (SSSR count). The quantitative estimate of drug-likeness (QED) is 0.255. The molecular weight excluding hydrogens is 494 g/mol. The van der Waals surface area contributed by atoms with Crippen molar-refractivity contribution in [3.8, 4) is 5.75 Å². The Bertz CT molecular complexity index is 1510. The van der Waals surface area contributed by atoms with Crippen LogP contribution < -0.4 is 10.1 Å². The molecule has 7 nitrogen and oxygen atoms in total. The predicted molar refractivity (Wildman–Crippen MR) is 150 cm³/mol. The number of anilines is 1. The van der Waals surface area contributed by atoms with Crippen LogP contribution in [-0.2, 0) is 4.79 Å². The van der Waals surface area contributed by atoms with Gasteiger partial charge in [-0.2, -0.15) is 0 Å². The van der Waals surface area contributed by atoms with E-state index in [2.05, 4.69) is 29.9 Å². The Hall–Kier alpha value is -4.30. The highest BCUT2D eigenvalue weighted by Crippen LogP contribution is 2.38. The fourth-order valence-corrected chi connectivity index (χ4v) is 7.70. The van der Waals surface area contributed by atoms with Gasteiger partial charge in [-0.1, -0.05) is 62.1 Å². The van der Waals surface area contributed by atoms with Crippen molar-refractivity contribution in [1.82, 2.24) is 9.88 Å². The molecular formula is C30H29N3O4Si. The van der Waals surface area contributed by atoms with Crippen LogP contribution in [-0.4, -0.2) is 48.8 Å². The number of nitrogens with zero attached hydrogens (tertiary/aromatic N) is 2. The number of fused-ring (bicyclic) bond motifs is 2. The Morgan fingerprint density at radius 1 is 0.868 bits per heavy atom. The Morgan fingerprint density at radius 3 is 2.11 bits per heavy atom. The maximum absolute atomic E-state index is 14.3. The van der Waals surface area contributed by atoms with E-state index in [4.69, 9.17) is 4.74 Å². The highest BCUT2D eigenvalue weighted by Gasteiger charge is 2.50. The fourth-order valence-electron chi connectivity index (χ4n) is 5.26. The zero-order chi connectivity index (χ0) is 27.0. The number of nitrogens with one attached hydrogen (secondary N) is 1. The first kappa shape index (κ1) is 25.4. The van der Waals surface area contributed by atoms with Crippen LogP contribution in [0.2, 0.25) is 19.6 Å². The molecule has 0 radical (unpaired) electrons. The van der Waals surface area contributed by atoms with E-state index >= 15 is 0 Å². The molecule has 3 amide bonds. The van der Waals surface area contributed by atoms with E-state index in [-0.39, 0.29) is 0 Å². The molecule has 0 aliphatic carbocycles. The van der Waals surface area contributed by atoms with Gasteiger partial charge < -0.3 is 10.1 Å². The molecule has 192 valence electrons. The highest BCUT2D eigenvalue weighted by atomic mass is 28.3. The van der Waals surface area contributed by atoms with E-state index in [0.717, 1.165) is 15.8 Å². The van der Waals surface area contributed by atoms with Crippen molar-refractivity contribution in [3.63, 3.8) is 0 Å². The smallest absolute Gasteiger partial charge is 0.262 e. The second kappa shape index (κ2) is 9.87. The van der Waals surface area contributed by atoms with Gasteiger partial charge in [-0.25, -0.2) is 0 Å². The SMILES string of the molecule is COc1ccc(C(C(C(=O)Nc2cccc3cccnc23)N2C(=O)c3ccccc3C2=O)[Si](C)(C)C)cc1. The van der Waals surface area contributed by atoms with Crippen molar-refractivity contribution in [2.75, 3.05) is 12.4 Å². The lowest BCUT2D eigenvalue weighted by atomic mass is 10.0. The third-order valence-corrected chi connectivity index (χ3v) is 9.50. The van der Waals surface area contributed by atoms with E-state index in [1.807, 2.05) is 48.5 Å². The highest BCUT2D eigenvalue weighted by molar-refractivity contribution is 6.78. The van der Waals surface area contributed by atoms with Gasteiger partial charge in [-0.05, 0) is 42.0 Å². The topological polar surface area (TPSA) is 88.6 Å². The number of benzene rings is 3. The second-order valence-corrected chi connectivity index (χ2v) is 15.8. The van der Waals surface area contributed by atoms with E-state index in [1.54, 1.807) is 43.6 Å². The van der Waals surface area contributed by atoms with Crippen molar-refractivity contribution in [3.05, 3.63) is 102 Å². The van der Waals surface area contributed by atoms with Crippen LogP contribution in [0.4, 0.5) is 5.69 Å². The number of ether oxygens (including phenoxy) is 1. The van der Waals surface area contributed by atoms with Crippen LogP contribution in [0, 0.1) is 0 Å². The normalized spacial score (nSPS) is 14.8. The van der Waals surface area contributed by atoms with Crippen molar-refractivity contribution < 1.29 is 19.1 Å². The number of hydrogen-bond acceptors (Lipinski definition) is 5. The van der Waals surface area contributed by atoms with Crippen LogP contribution >= 0.6 is 0 Å². The summed E-state index contributed by atoms with van der Waals surface area (Å²) in [5.41, 5.74) is 2.27. The summed E-state index contributed by atoms with van der Waals surface area (Å²) >= 11 is 0. The zero-order valence-electron chi connectivity index (χ0n) is 21.8. The minimum absolute atomic E-state index is 0.311. The summed E-state index contributed by atoms with van der Waals surface area (Å²) in [4.78, 5) is 47.3. The van der Waals surface area contributed by atoms with Crippen molar-refractivity contribution in [2.45, 2.75) is 31.2 Å². The monoisotopic (exact) mass is 523 g/mol. The molecule has 0 fully saturated rings. The first-order valence-electron chi connectivity index (χ1n) is 12.5. The summed E-state index contributed by atoms with van der Waals surface area (Å²) in [5, 5.41) is 3.90. The number of carbonyl (C=O) groups is 3. The average Bonchev–Trinajstić information content (AvgIpc) is 3.16. The molecule has 4 aromatic rings. The molecule has 1 aliphatic heterocycles. The molecule has 1 aliphatic rings. The van der Waals surface area contributed by atoms with Gasteiger partial charge in [0.05, 0.1) is 37.5 Å². The number of methoxy groups -OCH3 is 1. The minimum Gasteiger partial charge on any atom is -0.497 e. The third-order valence-electron chi connectivity index (χ3n) is 6.99. The van der Waals surface area contributed by atoms with Gasteiger partial charge in [-0.3, -0.25) is 24.3 Å². The second-order valence-electron chi connectivity index (χ2n) is 10.5. The number of aromatic nitrogens is 1. The number of carbonyl (C=O) groups excluding carboxylic acids is 3. The lowest BCUT2D eigenvalue weighted by molar-refractivity contribution is -0.120. The number of imide groups is 1. The molecule has 0 spiro atoms. The van der Waals surface area contributed by atoms with Gasteiger partial charge in [0.25, 0.3) is 11.8 Å². The molecule has 2 unspecified atom stereocenters. The molecule has 0 saturated heterocycles. The standard InChI is InChI=1S/C30H29N3O4Si/c1-37-21-16-14-20(15-17-21)27(38(2,3)4)26(33-29(35)22-11-5-6-12-23(22)30(33)36)28(34)32-24-13-7-9-19-10-8-18-31-25(19)24/h5-18,26-27H,1-4H3,(H,32,34). The summed E-state index contributed by atoms with van der Waals surface area (Å²) < 4.78 is 5.35. The molecule has 2 heterocycles. The largest absolute Gasteiger partial charge is 0.497 e. The summed E-state index contributed by atoms with van der Waals surface area (Å²) in [6.07, 6.45) is 1.67. The summed E-state index contributed by atoms with van der Waals surface area (Å²) in [7, 11) is -0.650. The third kappa shape index (κ3) is 4.48.